The molecule has 0 unspecified atom stereocenters. The first-order valence-electron chi connectivity index (χ1n) is 12.0. The maximum Gasteiger partial charge on any atom is 0.322 e. The molecule has 5 heterocycles. The van der Waals surface area contributed by atoms with Crippen LogP contribution in [0.4, 0.5) is 9.80 Å². The number of aromatic nitrogens is 4. The third kappa shape index (κ3) is 4.15. The van der Waals surface area contributed by atoms with Gasteiger partial charge in [0, 0.05) is 72.5 Å². The van der Waals surface area contributed by atoms with Gasteiger partial charge in [0.2, 0.25) is 0 Å². The van der Waals surface area contributed by atoms with E-state index in [1.807, 2.05) is 41.1 Å². The maximum absolute atomic E-state index is 13.1. The largest absolute Gasteiger partial charge is 0.361 e. The lowest BCUT2D eigenvalue weighted by Crippen LogP contribution is -2.50. The maximum atomic E-state index is 13.1. The van der Waals surface area contributed by atoms with Gasteiger partial charge in [-0.15, -0.1) is 5.10 Å². The Morgan fingerprint density at radius 1 is 1.11 bits per heavy atom. The molecule has 3 aromatic heterocycles. The summed E-state index contributed by atoms with van der Waals surface area (Å²) < 4.78 is 5.72. The van der Waals surface area contributed by atoms with Crippen LogP contribution in [0.25, 0.3) is 10.9 Å². The lowest BCUT2D eigenvalue weighted by Gasteiger charge is -2.42. The molecule has 6 rings (SSSR count). The molecule has 2 bridgehead atoms. The molecule has 11 heteroatoms. The van der Waals surface area contributed by atoms with E-state index in [4.69, 9.17) is 0 Å². The molecule has 3 N–H and O–H groups in total. The number of piperidine rings is 1. The van der Waals surface area contributed by atoms with Gasteiger partial charge >= 0.3 is 6.03 Å². The molecule has 1 saturated heterocycles. The van der Waals surface area contributed by atoms with Gasteiger partial charge in [-0.1, -0.05) is 28.8 Å². The van der Waals surface area contributed by atoms with E-state index in [9.17, 15) is 14.4 Å². The highest BCUT2D eigenvalue weighted by Gasteiger charge is 2.36. The van der Waals surface area contributed by atoms with Crippen molar-refractivity contribution < 1.29 is 9.59 Å². The second-order valence-corrected chi connectivity index (χ2v) is 10.1. The summed E-state index contributed by atoms with van der Waals surface area (Å²) in [5, 5.41) is 11.1. The Hall–Kier alpha value is -3.99. The number of H-pyrrole nitrogens is 1. The minimum absolute atomic E-state index is 0.0104. The van der Waals surface area contributed by atoms with E-state index in [0.29, 0.717) is 37.6 Å². The number of hydrogen-bond donors (Lipinski definition) is 3. The molecule has 1 aromatic carbocycles. The zero-order chi connectivity index (χ0) is 24.6. The number of aromatic amines is 1. The summed E-state index contributed by atoms with van der Waals surface area (Å²) in [6.07, 6.45) is 3.57. The van der Waals surface area contributed by atoms with E-state index >= 15 is 0 Å². The van der Waals surface area contributed by atoms with Crippen LogP contribution in [0.2, 0.25) is 0 Å². The lowest BCUT2D eigenvalue weighted by atomic mass is 9.83. The van der Waals surface area contributed by atoms with E-state index in [2.05, 4.69) is 25.2 Å². The Morgan fingerprint density at radius 2 is 2.00 bits per heavy atom. The van der Waals surface area contributed by atoms with E-state index in [-0.39, 0.29) is 35.0 Å². The van der Waals surface area contributed by atoms with Crippen molar-refractivity contribution in [3.8, 4) is 0 Å². The second kappa shape index (κ2) is 9.23. The Bertz CT molecular complexity index is 1510. The minimum atomic E-state index is -0.372. The number of likely N-dealkylation sites (tertiary alicyclic amines) is 1. The number of para-hydroxylation sites is 1. The highest BCUT2D eigenvalue weighted by molar-refractivity contribution is 7.10. The molecule has 0 radical (unpaired) electrons. The first-order valence-corrected chi connectivity index (χ1v) is 12.8. The smallest absolute Gasteiger partial charge is 0.322 e. The number of carbonyl (C=O) groups is 2. The number of carbonyl (C=O) groups excluding carboxylic acids is 2. The number of fused-ring (bicyclic) bond motifs is 5. The summed E-state index contributed by atoms with van der Waals surface area (Å²) in [4.78, 5) is 43.1. The molecule has 2 aliphatic heterocycles. The topological polar surface area (TPSA) is 125 Å². The van der Waals surface area contributed by atoms with Gasteiger partial charge in [-0.25, -0.2) is 4.79 Å². The highest BCUT2D eigenvalue weighted by Crippen LogP contribution is 2.35. The zero-order valence-corrected chi connectivity index (χ0v) is 20.3. The van der Waals surface area contributed by atoms with Crippen molar-refractivity contribution in [3.63, 3.8) is 0 Å². The number of pyridine rings is 1. The van der Waals surface area contributed by atoms with Gasteiger partial charge < -0.3 is 19.8 Å². The molecule has 0 spiro atoms. The summed E-state index contributed by atoms with van der Waals surface area (Å²) >= 11 is 0.984. The molecule has 36 heavy (non-hydrogen) atoms. The summed E-state index contributed by atoms with van der Waals surface area (Å²) in [5.74, 6) is -0.0410. The third-order valence-corrected chi connectivity index (χ3v) is 7.69. The quantitative estimate of drug-likeness (QED) is 0.386. The van der Waals surface area contributed by atoms with E-state index in [1.165, 1.54) is 0 Å². The molecular formula is C25H25N7O3S. The normalized spacial score (nSPS) is 18.6. The zero-order valence-electron chi connectivity index (χ0n) is 19.4. The van der Waals surface area contributed by atoms with Gasteiger partial charge in [-0.3, -0.25) is 14.9 Å². The van der Waals surface area contributed by atoms with Gasteiger partial charge in [-0.05, 0) is 36.5 Å². The fourth-order valence-corrected chi connectivity index (χ4v) is 5.95. The average molecular weight is 504 g/mol. The summed E-state index contributed by atoms with van der Waals surface area (Å²) in [6.45, 7) is 2.12. The Balaban J connectivity index is 1.08. The number of urea groups is 1. The van der Waals surface area contributed by atoms with Crippen molar-refractivity contribution in [1.29, 1.82) is 0 Å². The van der Waals surface area contributed by atoms with Crippen LogP contribution < -0.4 is 16.2 Å². The molecule has 0 aliphatic carbocycles. The summed E-state index contributed by atoms with van der Waals surface area (Å²) in [6, 6.07) is 13.1. The molecular weight excluding hydrogens is 478 g/mol. The van der Waals surface area contributed by atoms with Crippen LogP contribution >= 0.6 is 11.5 Å². The van der Waals surface area contributed by atoms with Crippen LogP contribution in [0.1, 0.15) is 34.1 Å². The van der Waals surface area contributed by atoms with Crippen LogP contribution in [0.15, 0.2) is 53.5 Å². The molecule has 1 fully saturated rings. The predicted octanol–water partition coefficient (Wildman–Crippen LogP) is 2.80. The number of hydrogen-bond acceptors (Lipinski definition) is 6. The molecule has 184 valence electrons. The monoisotopic (exact) mass is 503 g/mol. The van der Waals surface area contributed by atoms with Crippen molar-refractivity contribution >= 4 is 39.4 Å². The third-order valence-electron chi connectivity index (χ3n) is 7.05. The predicted molar refractivity (Wildman–Crippen MR) is 136 cm³/mol. The molecule has 0 saturated carbocycles. The first-order chi connectivity index (χ1) is 17.6. The Labute approximate surface area is 210 Å². The summed E-state index contributed by atoms with van der Waals surface area (Å²) in [7, 11) is 0. The van der Waals surface area contributed by atoms with Crippen LogP contribution in [0, 0.1) is 5.92 Å². The Kier molecular flexibility index (Phi) is 5.76. The van der Waals surface area contributed by atoms with Gasteiger partial charge in [0.05, 0.1) is 0 Å². The van der Waals surface area contributed by atoms with Crippen LogP contribution in [-0.2, 0) is 13.0 Å². The number of nitrogens with one attached hydrogen (secondary N) is 3. The molecule has 2 atom stereocenters. The van der Waals surface area contributed by atoms with Crippen molar-refractivity contribution in [2.45, 2.75) is 25.3 Å². The van der Waals surface area contributed by atoms with Crippen LogP contribution in [-0.4, -0.2) is 55.6 Å². The fourth-order valence-electron chi connectivity index (χ4n) is 5.39. The van der Waals surface area contributed by atoms with E-state index in [1.54, 1.807) is 17.0 Å². The molecule has 3 amide bonds. The lowest BCUT2D eigenvalue weighted by molar-refractivity contribution is 0.0950. The van der Waals surface area contributed by atoms with Crippen molar-refractivity contribution in [2.24, 2.45) is 5.92 Å². The number of rotatable bonds is 5. The van der Waals surface area contributed by atoms with E-state index in [0.717, 1.165) is 40.1 Å². The highest BCUT2D eigenvalue weighted by atomic mass is 32.1. The summed E-state index contributed by atoms with van der Waals surface area (Å²) in [5.41, 5.74) is 3.28. The fraction of sp³-hybridized carbons (Fsp3) is 0.320. The number of amides is 3. The minimum Gasteiger partial charge on any atom is -0.361 e. The van der Waals surface area contributed by atoms with Gasteiger partial charge in [0.15, 0.2) is 10.7 Å². The number of benzene rings is 1. The molecule has 4 aromatic rings. The van der Waals surface area contributed by atoms with Gasteiger partial charge in [0.1, 0.15) is 0 Å². The average Bonchev–Trinajstić information content (AvgIpc) is 3.52. The van der Waals surface area contributed by atoms with E-state index < -0.39 is 0 Å². The first kappa shape index (κ1) is 22.5. The number of nitrogens with zero attached hydrogens (tertiary/aromatic N) is 4. The standard InChI is InChI=1S/C25H25N7O3S/c33-21-7-3-6-20-17-10-15(13-32(20)21)12-31(14-17)25(35)28-24-22(29-30-36-24)23(34)26-9-8-16-11-27-19-5-2-1-4-18(16)19/h1-7,11,15,17,27H,8-10,12-14H2,(H,26,34)(H,28,35)/t15-,17+/m1/s1. The number of anilines is 1. The van der Waals surface area contributed by atoms with Crippen molar-refractivity contribution in [2.75, 3.05) is 25.0 Å². The SMILES string of the molecule is O=C(NCCc1c[nH]c2ccccc12)c1nnsc1NC(=O)N1C[C@H]2C[C@@H](C1)c1cccc(=O)n1C2. The second-order valence-electron chi connectivity index (χ2n) is 9.35. The molecule has 10 nitrogen and oxygen atoms in total. The van der Waals surface area contributed by atoms with Crippen LogP contribution in [0.3, 0.4) is 0 Å². The van der Waals surface area contributed by atoms with Gasteiger partial charge in [-0.2, -0.15) is 0 Å². The molecule has 2 aliphatic rings. The van der Waals surface area contributed by atoms with Crippen LogP contribution in [0.5, 0.6) is 0 Å². The Morgan fingerprint density at radius 3 is 2.92 bits per heavy atom. The van der Waals surface area contributed by atoms with Crippen molar-refractivity contribution in [3.05, 3.63) is 76.0 Å². The van der Waals surface area contributed by atoms with Gasteiger partial charge in [0.25, 0.3) is 11.5 Å². The van der Waals surface area contributed by atoms with Crippen molar-refractivity contribution in [1.82, 2.24) is 29.4 Å².